The van der Waals surface area contributed by atoms with Gasteiger partial charge in [0.25, 0.3) is 0 Å². The van der Waals surface area contributed by atoms with Gasteiger partial charge < -0.3 is 5.11 Å². The second-order valence-electron chi connectivity index (χ2n) is 2.10. The van der Waals surface area contributed by atoms with Crippen molar-refractivity contribution in [3.63, 3.8) is 0 Å². The van der Waals surface area contributed by atoms with E-state index in [1.807, 2.05) is 0 Å². The van der Waals surface area contributed by atoms with E-state index < -0.39 is 6.10 Å². The number of hydrogen-bond donors (Lipinski definition) is 2. The molecule has 0 spiro atoms. The standard InChI is InChI=1S/C6H11ClOS2/c7-4-5(8)3-6(10)1-2-9/h2,5-6,8,10H,1,3-4H2. The normalized spacial score (nSPS) is 16.3. The molecule has 0 aliphatic carbocycles. The fraction of sp³-hybridized carbons (Fsp3) is 0.833. The molecule has 4 heteroatoms. The van der Waals surface area contributed by atoms with Crippen molar-refractivity contribution >= 4 is 41.8 Å². The van der Waals surface area contributed by atoms with E-state index in [4.69, 9.17) is 16.7 Å². The molecule has 0 heterocycles. The van der Waals surface area contributed by atoms with Crippen LogP contribution in [0.5, 0.6) is 0 Å². The first-order valence-corrected chi connectivity index (χ1v) is 4.58. The van der Waals surface area contributed by atoms with Crippen LogP contribution in [0.25, 0.3) is 0 Å². The van der Waals surface area contributed by atoms with Crippen molar-refractivity contribution in [2.24, 2.45) is 0 Å². The summed E-state index contributed by atoms with van der Waals surface area (Å²) in [5, 5.41) is 10.8. The summed E-state index contributed by atoms with van der Waals surface area (Å²) in [6, 6.07) is 0. The van der Waals surface area contributed by atoms with Gasteiger partial charge in [-0.2, -0.15) is 12.6 Å². The molecule has 0 saturated carbocycles. The van der Waals surface area contributed by atoms with E-state index in [0.717, 1.165) is 6.42 Å². The zero-order valence-electron chi connectivity index (χ0n) is 5.53. The zero-order valence-corrected chi connectivity index (χ0v) is 8.00. The van der Waals surface area contributed by atoms with Gasteiger partial charge in [-0.15, -0.1) is 11.6 Å². The van der Waals surface area contributed by atoms with Crippen molar-refractivity contribution in [3.05, 3.63) is 0 Å². The lowest BCUT2D eigenvalue weighted by Crippen LogP contribution is -2.15. The molecule has 10 heavy (non-hydrogen) atoms. The van der Waals surface area contributed by atoms with Crippen molar-refractivity contribution in [1.29, 1.82) is 0 Å². The summed E-state index contributed by atoms with van der Waals surface area (Å²) < 4.78 is 0. The maximum atomic E-state index is 9.03. The highest BCUT2D eigenvalue weighted by Crippen LogP contribution is 2.09. The van der Waals surface area contributed by atoms with Gasteiger partial charge in [-0.25, -0.2) is 0 Å². The maximum absolute atomic E-state index is 9.03. The molecule has 1 nitrogen and oxygen atoms in total. The molecule has 0 saturated heterocycles. The average molecular weight is 199 g/mol. The van der Waals surface area contributed by atoms with Crippen molar-refractivity contribution < 1.29 is 5.11 Å². The molecule has 0 amide bonds. The van der Waals surface area contributed by atoms with Crippen LogP contribution in [-0.4, -0.2) is 27.7 Å². The molecule has 0 fully saturated rings. The molecular weight excluding hydrogens is 188 g/mol. The summed E-state index contributed by atoms with van der Waals surface area (Å²) in [5.74, 6) is 0.272. The van der Waals surface area contributed by atoms with Gasteiger partial charge in [0, 0.05) is 11.1 Å². The molecule has 0 aromatic rings. The Morgan fingerprint density at radius 3 is 2.70 bits per heavy atom. The van der Waals surface area contributed by atoms with Crippen LogP contribution in [0.3, 0.4) is 0 Å². The lowest BCUT2D eigenvalue weighted by Gasteiger charge is -2.10. The Morgan fingerprint density at radius 1 is 1.70 bits per heavy atom. The van der Waals surface area contributed by atoms with Crippen LogP contribution < -0.4 is 0 Å². The van der Waals surface area contributed by atoms with Crippen molar-refractivity contribution in [3.8, 4) is 0 Å². The van der Waals surface area contributed by atoms with Crippen LogP contribution in [-0.2, 0) is 0 Å². The minimum Gasteiger partial charge on any atom is -0.392 e. The molecule has 1 N–H and O–H groups in total. The van der Waals surface area contributed by atoms with Gasteiger partial charge in [-0.3, -0.25) is 0 Å². The summed E-state index contributed by atoms with van der Waals surface area (Å²) in [6.45, 7) is 0. The number of thiol groups is 1. The Hall–Kier alpha value is 0.690. The van der Waals surface area contributed by atoms with Gasteiger partial charge in [-0.1, -0.05) is 12.2 Å². The maximum Gasteiger partial charge on any atom is 0.0686 e. The molecule has 0 bridgehead atoms. The summed E-state index contributed by atoms with van der Waals surface area (Å²) in [6.07, 6.45) is 0.908. The monoisotopic (exact) mass is 198 g/mol. The predicted octanol–water partition coefficient (Wildman–Crippen LogP) is 1.66. The third-order valence-electron chi connectivity index (χ3n) is 1.09. The number of rotatable bonds is 5. The Bertz CT molecular complexity index is 99.7. The van der Waals surface area contributed by atoms with Gasteiger partial charge in [0.15, 0.2) is 0 Å². The highest BCUT2D eigenvalue weighted by Gasteiger charge is 2.07. The summed E-state index contributed by atoms with van der Waals surface area (Å²) in [5.41, 5.74) is 0. The third kappa shape index (κ3) is 5.47. The van der Waals surface area contributed by atoms with Gasteiger partial charge in [0.1, 0.15) is 0 Å². The van der Waals surface area contributed by atoms with Crippen LogP contribution in [0.4, 0.5) is 0 Å². The molecule has 0 aliphatic heterocycles. The molecule has 0 aromatic heterocycles. The van der Waals surface area contributed by atoms with E-state index in [9.17, 15) is 0 Å². The molecule has 0 aliphatic rings. The van der Waals surface area contributed by atoms with Gasteiger partial charge in [-0.05, 0) is 18.2 Å². The first kappa shape index (κ1) is 10.7. The smallest absolute Gasteiger partial charge is 0.0686 e. The van der Waals surface area contributed by atoms with Crippen LogP contribution in [0.2, 0.25) is 0 Å². The van der Waals surface area contributed by atoms with Crippen molar-refractivity contribution in [1.82, 2.24) is 0 Å². The quantitative estimate of drug-likeness (QED) is 0.398. The highest BCUT2D eigenvalue weighted by molar-refractivity contribution is 7.81. The topological polar surface area (TPSA) is 20.2 Å². The van der Waals surface area contributed by atoms with Crippen molar-refractivity contribution in [2.75, 3.05) is 5.88 Å². The Labute approximate surface area is 77.2 Å². The lowest BCUT2D eigenvalue weighted by atomic mass is 10.2. The summed E-state index contributed by atoms with van der Waals surface area (Å²) in [7, 11) is 0. The number of hydrogen-bond acceptors (Lipinski definition) is 3. The van der Waals surface area contributed by atoms with Crippen LogP contribution in [0.15, 0.2) is 0 Å². The first-order valence-electron chi connectivity index (χ1n) is 3.06. The number of halogens is 1. The fourth-order valence-electron chi connectivity index (χ4n) is 0.584. The minimum absolute atomic E-state index is 0.145. The molecule has 0 radical (unpaired) electrons. The first-order chi connectivity index (χ1) is 4.70. The Balaban J connectivity index is 3.35. The second kappa shape index (κ2) is 6.40. The zero-order chi connectivity index (χ0) is 7.98. The largest absolute Gasteiger partial charge is 0.392 e. The molecule has 0 rings (SSSR count). The van der Waals surface area contributed by atoms with Crippen molar-refractivity contribution in [2.45, 2.75) is 24.2 Å². The van der Waals surface area contributed by atoms with E-state index in [1.165, 1.54) is 0 Å². The third-order valence-corrected chi connectivity index (χ3v) is 2.06. The molecule has 60 valence electrons. The lowest BCUT2D eigenvalue weighted by molar-refractivity contribution is 0.188. The fourth-order valence-corrected chi connectivity index (χ4v) is 1.43. The average Bonchev–Trinajstić information content (AvgIpc) is 1.88. The predicted molar refractivity (Wildman–Crippen MR) is 52.4 cm³/mol. The second-order valence-corrected chi connectivity index (χ2v) is 3.47. The molecular formula is C6H11ClOS2. The van der Waals surface area contributed by atoms with Gasteiger partial charge >= 0.3 is 0 Å². The molecule has 2 unspecified atom stereocenters. The number of thiocarbonyl (C=S) groups is 1. The van der Waals surface area contributed by atoms with Crippen LogP contribution in [0, 0.1) is 0 Å². The summed E-state index contributed by atoms with van der Waals surface area (Å²) in [4.78, 5) is 0. The van der Waals surface area contributed by atoms with E-state index in [-0.39, 0.29) is 11.1 Å². The van der Waals surface area contributed by atoms with Crippen LogP contribution >= 0.6 is 36.4 Å². The number of alkyl halides is 1. The minimum atomic E-state index is -0.445. The number of aliphatic hydroxyl groups excluding tert-OH is 1. The SMILES string of the molecule is OC(CCl)CC(S)CC=S. The van der Waals surface area contributed by atoms with E-state index in [0.29, 0.717) is 6.42 Å². The van der Waals surface area contributed by atoms with E-state index in [1.54, 1.807) is 5.37 Å². The molecule has 0 aromatic carbocycles. The summed E-state index contributed by atoms with van der Waals surface area (Å²) >= 11 is 14.2. The van der Waals surface area contributed by atoms with Gasteiger partial charge in [0.05, 0.1) is 6.10 Å². The molecule has 2 atom stereocenters. The Kier molecular flexibility index (Phi) is 6.85. The van der Waals surface area contributed by atoms with Gasteiger partial charge in [0.2, 0.25) is 0 Å². The van der Waals surface area contributed by atoms with Crippen LogP contribution in [0.1, 0.15) is 12.8 Å². The highest BCUT2D eigenvalue weighted by atomic mass is 35.5. The Morgan fingerprint density at radius 2 is 2.30 bits per heavy atom. The van der Waals surface area contributed by atoms with E-state index >= 15 is 0 Å². The number of aliphatic hydroxyl groups is 1. The van der Waals surface area contributed by atoms with E-state index in [2.05, 4.69) is 24.8 Å².